The number of rotatable bonds is 7. The van der Waals surface area contributed by atoms with Crippen molar-refractivity contribution < 1.29 is 19.1 Å². The number of methoxy groups -OCH3 is 1. The number of nitrogens with one attached hydrogen (secondary N) is 1. The third-order valence-corrected chi connectivity index (χ3v) is 7.56. The number of piperazine rings is 1. The third kappa shape index (κ3) is 6.82. The van der Waals surface area contributed by atoms with Crippen molar-refractivity contribution in [3.8, 4) is 11.3 Å². The lowest BCUT2D eigenvalue weighted by molar-refractivity contribution is -0.130. The summed E-state index contributed by atoms with van der Waals surface area (Å²) in [6, 6.07) is 26.2. The van der Waals surface area contributed by atoms with Gasteiger partial charge in [-0.15, -0.1) is 0 Å². The SMILES string of the molecule is COC(=O)N(NC(=O)c1c(CN2CCN(CC(=O)N(C)C)CC2)c(-c2ccccc2)nc2ccccc12)c1ccccc1. The third-order valence-electron chi connectivity index (χ3n) is 7.56. The highest BCUT2D eigenvalue weighted by Crippen LogP contribution is 2.32. The molecule has 1 N–H and O–H groups in total. The average molecular weight is 581 g/mol. The van der Waals surface area contributed by atoms with E-state index in [4.69, 9.17) is 9.72 Å². The van der Waals surface area contributed by atoms with Gasteiger partial charge in [0.25, 0.3) is 5.91 Å². The number of hydrogen-bond acceptors (Lipinski definition) is 7. The quantitative estimate of drug-likeness (QED) is 0.330. The predicted octanol–water partition coefficient (Wildman–Crippen LogP) is 4.03. The number of carbonyl (C=O) groups excluding carboxylic acids is 3. The van der Waals surface area contributed by atoms with Crippen molar-refractivity contribution in [3.63, 3.8) is 0 Å². The molecule has 0 bridgehead atoms. The van der Waals surface area contributed by atoms with Gasteiger partial charge >= 0.3 is 6.09 Å². The topological polar surface area (TPSA) is 98.3 Å². The molecule has 2 heterocycles. The lowest BCUT2D eigenvalue weighted by atomic mass is 9.95. The highest BCUT2D eigenvalue weighted by molar-refractivity contribution is 6.10. The van der Waals surface area contributed by atoms with Crippen molar-refractivity contribution in [2.45, 2.75) is 6.54 Å². The van der Waals surface area contributed by atoms with Gasteiger partial charge in [0.1, 0.15) is 0 Å². The molecule has 222 valence electrons. The number of aromatic nitrogens is 1. The highest BCUT2D eigenvalue weighted by Gasteiger charge is 2.28. The standard InChI is InChI=1S/C33H36N6O4/c1-36(2)29(40)23-38-20-18-37(19-21-38)22-27-30(32(41)35-39(33(42)43-3)25-14-8-5-9-15-25)26-16-10-11-17-28(26)34-31(27)24-12-6-4-7-13-24/h4-17H,18-23H2,1-3H3,(H,35,41). The zero-order valence-electron chi connectivity index (χ0n) is 24.7. The number of anilines is 1. The Hall–Kier alpha value is -4.80. The van der Waals surface area contributed by atoms with Gasteiger partial charge in [-0.25, -0.2) is 9.78 Å². The van der Waals surface area contributed by atoms with Crippen LogP contribution in [0.15, 0.2) is 84.9 Å². The first-order valence-corrected chi connectivity index (χ1v) is 14.2. The van der Waals surface area contributed by atoms with E-state index in [0.717, 1.165) is 42.3 Å². The van der Waals surface area contributed by atoms with Gasteiger partial charge in [-0.1, -0.05) is 66.7 Å². The van der Waals surface area contributed by atoms with Crippen LogP contribution in [0.2, 0.25) is 0 Å². The number of likely N-dealkylation sites (N-methyl/N-ethyl adjacent to an activating group) is 1. The first-order valence-electron chi connectivity index (χ1n) is 14.2. The van der Waals surface area contributed by atoms with Crippen molar-refractivity contribution in [2.75, 3.05) is 58.9 Å². The van der Waals surface area contributed by atoms with E-state index in [1.807, 2.05) is 60.7 Å². The maximum absolute atomic E-state index is 14.3. The molecule has 0 aliphatic carbocycles. The summed E-state index contributed by atoms with van der Waals surface area (Å²) in [6.07, 6.45) is -0.717. The maximum atomic E-state index is 14.3. The Labute approximate surface area is 251 Å². The average Bonchev–Trinajstić information content (AvgIpc) is 3.04. The van der Waals surface area contributed by atoms with Crippen LogP contribution in [0.25, 0.3) is 22.2 Å². The molecular weight excluding hydrogens is 544 g/mol. The van der Waals surface area contributed by atoms with E-state index in [9.17, 15) is 14.4 Å². The predicted molar refractivity (Wildman–Crippen MR) is 166 cm³/mol. The smallest absolute Gasteiger partial charge is 0.433 e. The minimum absolute atomic E-state index is 0.0751. The Balaban J connectivity index is 1.55. The molecule has 3 aromatic carbocycles. The molecule has 0 atom stereocenters. The molecule has 3 amide bonds. The number of carbonyl (C=O) groups is 3. The summed E-state index contributed by atoms with van der Waals surface area (Å²) in [5.41, 5.74) is 6.75. The number of para-hydroxylation sites is 2. The van der Waals surface area contributed by atoms with Crippen LogP contribution in [-0.4, -0.2) is 91.5 Å². The number of benzene rings is 3. The highest BCUT2D eigenvalue weighted by atomic mass is 16.5. The first-order chi connectivity index (χ1) is 20.9. The number of hydrazine groups is 1. The Morgan fingerprint density at radius 2 is 1.44 bits per heavy atom. The largest absolute Gasteiger partial charge is 0.451 e. The lowest BCUT2D eigenvalue weighted by Gasteiger charge is -2.35. The lowest BCUT2D eigenvalue weighted by Crippen LogP contribution is -2.49. The number of amides is 3. The zero-order chi connectivity index (χ0) is 30.3. The summed E-state index contributed by atoms with van der Waals surface area (Å²) in [4.78, 5) is 50.5. The number of fused-ring (bicyclic) bond motifs is 1. The molecule has 4 aromatic rings. The van der Waals surface area contributed by atoms with Gasteiger partial charge in [0.15, 0.2) is 0 Å². The number of nitrogens with zero attached hydrogens (tertiary/aromatic N) is 5. The van der Waals surface area contributed by atoms with Crippen LogP contribution in [0.3, 0.4) is 0 Å². The van der Waals surface area contributed by atoms with Gasteiger partial charge in [-0.3, -0.25) is 24.8 Å². The summed E-state index contributed by atoms with van der Waals surface area (Å²) in [5.74, 6) is -0.374. The second-order valence-electron chi connectivity index (χ2n) is 10.6. The monoisotopic (exact) mass is 580 g/mol. The van der Waals surface area contributed by atoms with Crippen LogP contribution in [0.1, 0.15) is 15.9 Å². The van der Waals surface area contributed by atoms with Gasteiger partial charge in [-0.05, 0) is 18.2 Å². The summed E-state index contributed by atoms with van der Waals surface area (Å²) in [5, 5.41) is 1.80. The van der Waals surface area contributed by atoms with E-state index >= 15 is 0 Å². The molecule has 43 heavy (non-hydrogen) atoms. The van der Waals surface area contributed by atoms with Crippen LogP contribution in [0.4, 0.5) is 10.5 Å². The van der Waals surface area contributed by atoms with Crippen LogP contribution < -0.4 is 10.4 Å². The second-order valence-corrected chi connectivity index (χ2v) is 10.6. The van der Waals surface area contributed by atoms with Crippen LogP contribution in [0.5, 0.6) is 0 Å². The summed E-state index contributed by atoms with van der Waals surface area (Å²) in [7, 11) is 4.81. The maximum Gasteiger partial charge on any atom is 0.433 e. The Bertz CT molecular complexity index is 1590. The fourth-order valence-electron chi connectivity index (χ4n) is 5.20. The van der Waals surface area contributed by atoms with E-state index in [1.54, 1.807) is 43.3 Å². The molecule has 0 radical (unpaired) electrons. The van der Waals surface area contributed by atoms with Gasteiger partial charge in [-0.2, -0.15) is 5.01 Å². The zero-order valence-corrected chi connectivity index (χ0v) is 24.7. The van der Waals surface area contributed by atoms with Gasteiger partial charge < -0.3 is 9.64 Å². The molecule has 0 unspecified atom stereocenters. The normalized spacial score (nSPS) is 13.8. The van der Waals surface area contributed by atoms with Crippen molar-refractivity contribution in [1.82, 2.24) is 25.1 Å². The van der Waals surface area contributed by atoms with Crippen molar-refractivity contribution in [3.05, 3.63) is 96.1 Å². The molecular formula is C33H36N6O4. The molecule has 10 heteroatoms. The van der Waals surface area contributed by atoms with Crippen LogP contribution >= 0.6 is 0 Å². The molecule has 1 saturated heterocycles. The molecule has 0 saturated carbocycles. The van der Waals surface area contributed by atoms with E-state index in [-0.39, 0.29) is 5.91 Å². The van der Waals surface area contributed by atoms with Crippen LogP contribution in [-0.2, 0) is 16.1 Å². The first kappa shape index (κ1) is 29.7. The molecule has 1 aliphatic rings. The van der Waals surface area contributed by atoms with Gasteiger partial charge in [0, 0.05) is 63.3 Å². The Morgan fingerprint density at radius 3 is 2.09 bits per heavy atom. The molecule has 5 rings (SSSR count). The Kier molecular flexibility index (Phi) is 9.29. The molecule has 1 fully saturated rings. The van der Waals surface area contributed by atoms with Crippen molar-refractivity contribution in [1.29, 1.82) is 0 Å². The van der Waals surface area contributed by atoms with E-state index in [2.05, 4.69) is 15.2 Å². The number of hydrogen-bond donors (Lipinski definition) is 1. The summed E-state index contributed by atoms with van der Waals surface area (Å²) >= 11 is 0. The minimum Gasteiger partial charge on any atom is -0.451 e. The second kappa shape index (κ2) is 13.5. The number of pyridine rings is 1. The van der Waals surface area contributed by atoms with E-state index in [1.165, 1.54) is 7.11 Å². The number of ether oxygens (including phenoxy) is 1. The van der Waals surface area contributed by atoms with Gasteiger partial charge in [0.05, 0.1) is 36.1 Å². The molecule has 1 aliphatic heterocycles. The van der Waals surface area contributed by atoms with E-state index in [0.29, 0.717) is 40.9 Å². The van der Waals surface area contributed by atoms with Crippen molar-refractivity contribution >= 4 is 34.5 Å². The van der Waals surface area contributed by atoms with Gasteiger partial charge in [0.2, 0.25) is 5.91 Å². The van der Waals surface area contributed by atoms with E-state index < -0.39 is 12.0 Å². The summed E-state index contributed by atoms with van der Waals surface area (Å²) in [6.45, 7) is 3.75. The Morgan fingerprint density at radius 1 is 0.837 bits per heavy atom. The molecule has 1 aromatic heterocycles. The minimum atomic E-state index is -0.717. The van der Waals surface area contributed by atoms with Crippen molar-refractivity contribution in [2.24, 2.45) is 0 Å². The molecule has 0 spiro atoms. The summed E-state index contributed by atoms with van der Waals surface area (Å²) < 4.78 is 5.01. The van der Waals surface area contributed by atoms with Crippen LogP contribution in [0, 0.1) is 0 Å². The molecule has 10 nitrogen and oxygen atoms in total. The fraction of sp³-hybridized carbons (Fsp3) is 0.273. The fourth-order valence-corrected chi connectivity index (χ4v) is 5.20.